The molecule has 0 aliphatic heterocycles. The van der Waals surface area contributed by atoms with Crippen molar-refractivity contribution in [2.75, 3.05) is 24.4 Å². The molecule has 3 amide bonds. The minimum absolute atomic E-state index is 0.331. The molecule has 0 aliphatic carbocycles. The van der Waals surface area contributed by atoms with Gasteiger partial charge in [0.05, 0.1) is 12.1 Å². The van der Waals surface area contributed by atoms with Crippen LogP contribution in [-0.4, -0.2) is 49.2 Å². The van der Waals surface area contributed by atoms with Crippen molar-refractivity contribution in [3.63, 3.8) is 0 Å². The number of carbonyl (C=O) groups excluding carboxylic acids is 3. The van der Waals surface area contributed by atoms with E-state index in [1.54, 1.807) is 12.1 Å². The maximum Gasteiger partial charge on any atom is 0.329 e. The van der Waals surface area contributed by atoms with E-state index in [2.05, 4.69) is 10.6 Å². The molecule has 0 aliphatic rings. The van der Waals surface area contributed by atoms with Crippen molar-refractivity contribution in [2.45, 2.75) is 25.5 Å². The molecule has 0 fully saturated rings. The fourth-order valence-corrected chi connectivity index (χ4v) is 2.68. The van der Waals surface area contributed by atoms with E-state index in [1.807, 2.05) is 6.26 Å². The van der Waals surface area contributed by atoms with Gasteiger partial charge in [0.25, 0.3) is 5.91 Å². The maximum absolute atomic E-state index is 12.2. The highest BCUT2D eigenvalue weighted by molar-refractivity contribution is 7.98. The second-order valence-electron chi connectivity index (χ2n) is 5.26. The van der Waals surface area contributed by atoms with Gasteiger partial charge in [-0.3, -0.25) is 4.79 Å². The van der Waals surface area contributed by atoms with Crippen molar-refractivity contribution in [1.29, 1.82) is 0 Å². The van der Waals surface area contributed by atoms with Gasteiger partial charge in [0.2, 0.25) is 0 Å². The first kappa shape index (κ1) is 21.9. The number of benzene rings is 1. The SMILES string of the molecule is COc1ccc(NC(=O)[C@H](C)OC(=O)[C@@H](CCSC)NC(N)=O)cc1Cl. The number of rotatable bonds is 9. The summed E-state index contributed by atoms with van der Waals surface area (Å²) in [6.45, 7) is 1.42. The highest BCUT2D eigenvalue weighted by Gasteiger charge is 2.25. The number of thioether (sulfide) groups is 1. The van der Waals surface area contributed by atoms with Crippen molar-refractivity contribution >= 4 is 47.0 Å². The van der Waals surface area contributed by atoms with E-state index in [1.165, 1.54) is 31.9 Å². The Morgan fingerprint density at radius 1 is 1.35 bits per heavy atom. The number of nitrogens with two attached hydrogens (primary N) is 1. The molecule has 0 heterocycles. The second kappa shape index (κ2) is 10.8. The largest absolute Gasteiger partial charge is 0.495 e. The first-order chi connectivity index (χ1) is 12.3. The van der Waals surface area contributed by atoms with Gasteiger partial charge in [-0.25, -0.2) is 9.59 Å². The molecule has 0 saturated carbocycles. The molecule has 0 unspecified atom stereocenters. The predicted octanol–water partition coefficient (Wildman–Crippen LogP) is 2.01. The number of methoxy groups -OCH3 is 1. The number of amides is 3. The van der Waals surface area contributed by atoms with Crippen LogP contribution in [0.4, 0.5) is 10.5 Å². The van der Waals surface area contributed by atoms with Gasteiger partial charge < -0.3 is 25.8 Å². The summed E-state index contributed by atoms with van der Waals surface area (Å²) in [7, 11) is 1.48. The number of hydrogen-bond acceptors (Lipinski definition) is 6. The number of hydrogen-bond donors (Lipinski definition) is 3. The molecule has 2 atom stereocenters. The van der Waals surface area contributed by atoms with E-state index in [9.17, 15) is 14.4 Å². The van der Waals surface area contributed by atoms with Crippen LogP contribution in [0.2, 0.25) is 5.02 Å². The normalized spacial score (nSPS) is 12.6. The van der Waals surface area contributed by atoms with Crippen LogP contribution in [0, 0.1) is 0 Å². The predicted molar refractivity (Wildman–Crippen MR) is 102 cm³/mol. The summed E-state index contributed by atoms with van der Waals surface area (Å²) in [6, 6.07) is 2.98. The zero-order valence-electron chi connectivity index (χ0n) is 14.7. The monoisotopic (exact) mass is 403 g/mol. The van der Waals surface area contributed by atoms with Gasteiger partial charge in [0.1, 0.15) is 11.8 Å². The summed E-state index contributed by atoms with van der Waals surface area (Å²) in [5.41, 5.74) is 5.50. The molecular weight excluding hydrogens is 382 g/mol. The van der Waals surface area contributed by atoms with E-state index in [4.69, 9.17) is 26.8 Å². The lowest BCUT2D eigenvalue weighted by Gasteiger charge is -2.19. The van der Waals surface area contributed by atoms with Crippen molar-refractivity contribution in [2.24, 2.45) is 5.73 Å². The van der Waals surface area contributed by atoms with Gasteiger partial charge >= 0.3 is 12.0 Å². The lowest BCUT2D eigenvalue weighted by molar-refractivity contribution is -0.155. The quantitative estimate of drug-likeness (QED) is 0.542. The van der Waals surface area contributed by atoms with Crippen LogP contribution >= 0.6 is 23.4 Å². The molecule has 0 bridgehead atoms. The molecule has 0 radical (unpaired) electrons. The first-order valence-electron chi connectivity index (χ1n) is 7.68. The van der Waals surface area contributed by atoms with Crippen LogP contribution in [0.1, 0.15) is 13.3 Å². The van der Waals surface area contributed by atoms with Gasteiger partial charge in [-0.1, -0.05) is 11.6 Å². The molecule has 0 saturated heterocycles. The Hall–Kier alpha value is -2.13. The fraction of sp³-hybridized carbons (Fsp3) is 0.438. The van der Waals surface area contributed by atoms with Gasteiger partial charge in [0, 0.05) is 5.69 Å². The van der Waals surface area contributed by atoms with Crippen molar-refractivity contribution in [3.05, 3.63) is 23.2 Å². The molecule has 1 aromatic carbocycles. The van der Waals surface area contributed by atoms with E-state index >= 15 is 0 Å². The van der Waals surface area contributed by atoms with Crippen molar-refractivity contribution < 1.29 is 23.9 Å². The highest BCUT2D eigenvalue weighted by Crippen LogP contribution is 2.27. The summed E-state index contributed by atoms with van der Waals surface area (Å²) in [4.78, 5) is 35.4. The lowest BCUT2D eigenvalue weighted by atomic mass is 10.2. The minimum Gasteiger partial charge on any atom is -0.495 e. The first-order valence-corrected chi connectivity index (χ1v) is 9.45. The Kier molecular flexibility index (Phi) is 9.08. The number of halogens is 1. The lowest BCUT2D eigenvalue weighted by Crippen LogP contribution is -2.46. The molecule has 144 valence electrons. The van der Waals surface area contributed by atoms with E-state index in [0.717, 1.165) is 0 Å². The van der Waals surface area contributed by atoms with Crippen LogP contribution in [-0.2, 0) is 14.3 Å². The van der Waals surface area contributed by atoms with Crippen molar-refractivity contribution in [3.8, 4) is 5.75 Å². The smallest absolute Gasteiger partial charge is 0.329 e. The number of primary amides is 1. The third-order valence-electron chi connectivity index (χ3n) is 3.29. The molecule has 1 rings (SSSR count). The average Bonchev–Trinajstić information content (AvgIpc) is 2.58. The molecular formula is C16H22ClN3O5S. The molecule has 26 heavy (non-hydrogen) atoms. The van der Waals surface area contributed by atoms with Gasteiger partial charge in [-0.15, -0.1) is 0 Å². The number of anilines is 1. The third-order valence-corrected chi connectivity index (χ3v) is 4.23. The Morgan fingerprint density at radius 2 is 2.04 bits per heavy atom. The summed E-state index contributed by atoms with van der Waals surface area (Å²) < 4.78 is 10.2. The molecule has 0 spiro atoms. The summed E-state index contributed by atoms with van der Waals surface area (Å²) in [5.74, 6) is -0.181. The summed E-state index contributed by atoms with van der Waals surface area (Å²) in [6.07, 6.45) is 1.13. The third kappa shape index (κ3) is 7.01. The zero-order valence-corrected chi connectivity index (χ0v) is 16.3. The molecule has 4 N–H and O–H groups in total. The Morgan fingerprint density at radius 3 is 2.58 bits per heavy atom. The number of carbonyl (C=O) groups is 3. The molecule has 8 nitrogen and oxygen atoms in total. The molecule has 1 aromatic rings. The van der Waals surface area contributed by atoms with Crippen molar-refractivity contribution in [1.82, 2.24) is 5.32 Å². The molecule has 0 aromatic heterocycles. The number of ether oxygens (including phenoxy) is 2. The van der Waals surface area contributed by atoms with Gasteiger partial charge in [0.15, 0.2) is 6.10 Å². The number of nitrogens with one attached hydrogen (secondary N) is 2. The fourth-order valence-electron chi connectivity index (χ4n) is 1.95. The Balaban J connectivity index is 2.67. The maximum atomic E-state index is 12.2. The zero-order chi connectivity index (χ0) is 19.7. The standard InChI is InChI=1S/C16H22ClN3O5S/c1-9(25-15(22)12(6-7-26-3)20-16(18)23)14(21)19-10-4-5-13(24-2)11(17)8-10/h4-5,8-9,12H,6-7H2,1-3H3,(H,19,21)(H3,18,20,23)/t9-,12+/m0/s1. The average molecular weight is 404 g/mol. The van der Waals surface area contributed by atoms with Gasteiger partial charge in [-0.05, 0) is 43.6 Å². The highest BCUT2D eigenvalue weighted by atomic mass is 35.5. The summed E-state index contributed by atoms with van der Waals surface area (Å²) in [5, 5.41) is 5.24. The van der Waals surface area contributed by atoms with E-state index in [-0.39, 0.29) is 0 Å². The number of esters is 1. The van der Waals surface area contributed by atoms with E-state index in [0.29, 0.717) is 28.6 Å². The van der Waals surface area contributed by atoms with Crippen LogP contribution in [0.25, 0.3) is 0 Å². The van der Waals surface area contributed by atoms with E-state index < -0.39 is 30.1 Å². The second-order valence-corrected chi connectivity index (χ2v) is 6.65. The topological polar surface area (TPSA) is 120 Å². The van der Waals surface area contributed by atoms with Crippen LogP contribution in [0.3, 0.4) is 0 Å². The minimum atomic E-state index is -1.07. The Bertz CT molecular complexity index is 659. The molecule has 10 heteroatoms. The van der Waals surface area contributed by atoms with Crippen LogP contribution < -0.4 is 21.1 Å². The van der Waals surface area contributed by atoms with Crippen LogP contribution in [0.5, 0.6) is 5.75 Å². The summed E-state index contributed by atoms with van der Waals surface area (Å²) >= 11 is 7.50. The van der Waals surface area contributed by atoms with Gasteiger partial charge in [-0.2, -0.15) is 11.8 Å². The number of urea groups is 1. The van der Waals surface area contributed by atoms with Crippen LogP contribution in [0.15, 0.2) is 18.2 Å². The Labute approximate surface area is 161 Å².